The molecular weight excluding hydrogens is 281 g/mol. The van der Waals surface area contributed by atoms with E-state index in [-0.39, 0.29) is 6.10 Å². The van der Waals surface area contributed by atoms with Gasteiger partial charge in [-0.05, 0) is 42.7 Å². The van der Waals surface area contributed by atoms with Gasteiger partial charge in [0.1, 0.15) is 11.9 Å². The molecule has 19 heavy (non-hydrogen) atoms. The first kappa shape index (κ1) is 13.0. The van der Waals surface area contributed by atoms with E-state index in [4.69, 9.17) is 27.9 Å². The van der Waals surface area contributed by atoms with E-state index in [2.05, 4.69) is 5.32 Å². The highest BCUT2D eigenvalue weighted by Gasteiger charge is 2.21. The molecule has 1 aliphatic heterocycles. The molecule has 1 aromatic carbocycles. The monoisotopic (exact) mass is 295 g/mol. The lowest BCUT2D eigenvalue weighted by Crippen LogP contribution is -2.50. The van der Waals surface area contributed by atoms with E-state index in [0.29, 0.717) is 5.02 Å². The van der Waals surface area contributed by atoms with E-state index in [0.717, 1.165) is 42.3 Å². The Bertz CT molecular complexity index is 547. The first-order valence-corrected chi connectivity index (χ1v) is 7.21. The SMILES string of the molecule is ClC1=CCCC(c2ccc(Cl)cc2OC2CNC2)=C1. The zero-order chi connectivity index (χ0) is 13.2. The Hall–Kier alpha value is -0.960. The van der Waals surface area contributed by atoms with Crippen molar-refractivity contribution in [3.8, 4) is 5.75 Å². The molecule has 0 spiro atoms. The van der Waals surface area contributed by atoms with Gasteiger partial charge in [0.05, 0.1) is 0 Å². The third-order valence-corrected chi connectivity index (χ3v) is 3.89. The minimum atomic E-state index is 0.243. The van der Waals surface area contributed by atoms with Gasteiger partial charge in [0.15, 0.2) is 0 Å². The molecule has 0 atom stereocenters. The number of nitrogens with one attached hydrogen (secondary N) is 1. The molecular formula is C15H15Cl2NO. The van der Waals surface area contributed by atoms with Gasteiger partial charge in [-0.25, -0.2) is 0 Å². The van der Waals surface area contributed by atoms with Crippen molar-refractivity contribution in [2.75, 3.05) is 13.1 Å². The second-order valence-corrected chi connectivity index (χ2v) is 5.71. The van der Waals surface area contributed by atoms with E-state index in [1.165, 1.54) is 5.57 Å². The van der Waals surface area contributed by atoms with Crippen molar-refractivity contribution < 1.29 is 4.74 Å². The Kier molecular flexibility index (Phi) is 3.83. The topological polar surface area (TPSA) is 21.3 Å². The average molecular weight is 296 g/mol. The normalized spacial score (nSPS) is 19.5. The van der Waals surface area contributed by atoms with Crippen LogP contribution in [0.1, 0.15) is 18.4 Å². The molecule has 3 rings (SSSR count). The Morgan fingerprint density at radius 3 is 2.74 bits per heavy atom. The molecule has 0 unspecified atom stereocenters. The maximum atomic E-state index is 6.10. The third kappa shape index (κ3) is 2.97. The van der Waals surface area contributed by atoms with Crippen molar-refractivity contribution in [3.63, 3.8) is 0 Å². The molecule has 1 fully saturated rings. The van der Waals surface area contributed by atoms with E-state index in [1.54, 1.807) is 0 Å². The number of rotatable bonds is 3. The first-order valence-electron chi connectivity index (χ1n) is 6.46. The highest BCUT2D eigenvalue weighted by atomic mass is 35.5. The molecule has 1 aromatic rings. The van der Waals surface area contributed by atoms with Crippen molar-refractivity contribution >= 4 is 28.8 Å². The number of hydrogen-bond donors (Lipinski definition) is 1. The van der Waals surface area contributed by atoms with Gasteiger partial charge < -0.3 is 10.1 Å². The van der Waals surface area contributed by atoms with E-state index >= 15 is 0 Å². The zero-order valence-corrected chi connectivity index (χ0v) is 12.0. The quantitative estimate of drug-likeness (QED) is 0.910. The van der Waals surface area contributed by atoms with Crippen molar-refractivity contribution in [3.05, 3.63) is 46.0 Å². The number of ether oxygens (including phenoxy) is 1. The van der Waals surface area contributed by atoms with Gasteiger partial charge in [-0.15, -0.1) is 0 Å². The van der Waals surface area contributed by atoms with Gasteiger partial charge >= 0.3 is 0 Å². The molecule has 0 radical (unpaired) electrons. The lowest BCUT2D eigenvalue weighted by Gasteiger charge is -2.29. The van der Waals surface area contributed by atoms with Crippen molar-refractivity contribution in [2.24, 2.45) is 0 Å². The summed E-state index contributed by atoms with van der Waals surface area (Å²) in [4.78, 5) is 0. The van der Waals surface area contributed by atoms with Gasteiger partial charge in [0, 0.05) is 28.7 Å². The molecule has 4 heteroatoms. The predicted molar refractivity (Wildman–Crippen MR) is 79.9 cm³/mol. The Morgan fingerprint density at radius 1 is 1.21 bits per heavy atom. The summed E-state index contributed by atoms with van der Waals surface area (Å²) in [6.45, 7) is 1.79. The standard InChI is InChI=1S/C15H15Cl2NO/c16-11-3-1-2-10(6-11)14-5-4-12(17)7-15(14)19-13-8-18-9-13/h3-7,13,18H,1-2,8-9H2. The lowest BCUT2D eigenvalue weighted by atomic mass is 9.96. The van der Waals surface area contributed by atoms with E-state index < -0.39 is 0 Å². The summed E-state index contributed by atoms with van der Waals surface area (Å²) in [6, 6.07) is 5.81. The average Bonchev–Trinajstić information content (AvgIpc) is 2.34. The van der Waals surface area contributed by atoms with Crippen molar-refractivity contribution in [1.29, 1.82) is 0 Å². The highest BCUT2D eigenvalue weighted by molar-refractivity contribution is 6.32. The summed E-state index contributed by atoms with van der Waals surface area (Å²) in [5.74, 6) is 0.858. The smallest absolute Gasteiger partial charge is 0.128 e. The van der Waals surface area contributed by atoms with Crippen LogP contribution in [0.15, 0.2) is 35.4 Å². The molecule has 0 amide bonds. The van der Waals surface area contributed by atoms with Crippen LogP contribution < -0.4 is 10.1 Å². The molecule has 1 saturated heterocycles. The van der Waals surface area contributed by atoms with Crippen LogP contribution in [-0.2, 0) is 0 Å². The molecule has 0 saturated carbocycles. The first-order chi connectivity index (χ1) is 9.22. The molecule has 0 bridgehead atoms. The minimum Gasteiger partial charge on any atom is -0.487 e. The van der Waals surface area contributed by atoms with Crippen molar-refractivity contribution in [1.82, 2.24) is 5.32 Å². The zero-order valence-electron chi connectivity index (χ0n) is 10.5. The summed E-state index contributed by atoms with van der Waals surface area (Å²) in [6.07, 6.45) is 6.25. The summed E-state index contributed by atoms with van der Waals surface area (Å²) in [5.41, 5.74) is 2.31. The number of allylic oxidation sites excluding steroid dienone is 4. The molecule has 2 aliphatic rings. The largest absolute Gasteiger partial charge is 0.487 e. The maximum Gasteiger partial charge on any atom is 0.128 e. The molecule has 1 N–H and O–H groups in total. The summed E-state index contributed by atoms with van der Waals surface area (Å²) in [7, 11) is 0. The van der Waals surface area contributed by atoms with Crippen LogP contribution in [0, 0.1) is 0 Å². The second kappa shape index (κ2) is 5.58. The molecule has 0 aromatic heterocycles. The second-order valence-electron chi connectivity index (χ2n) is 4.84. The maximum absolute atomic E-state index is 6.10. The van der Waals surface area contributed by atoms with E-state index in [9.17, 15) is 0 Å². The molecule has 1 aliphatic carbocycles. The van der Waals surface area contributed by atoms with Crippen LogP contribution >= 0.6 is 23.2 Å². The van der Waals surface area contributed by atoms with Crippen LogP contribution in [0.4, 0.5) is 0 Å². The Morgan fingerprint density at radius 2 is 2.05 bits per heavy atom. The molecule has 2 nitrogen and oxygen atoms in total. The third-order valence-electron chi connectivity index (χ3n) is 3.39. The van der Waals surface area contributed by atoms with Gasteiger partial charge in [0.25, 0.3) is 0 Å². The number of benzene rings is 1. The van der Waals surface area contributed by atoms with Crippen LogP contribution in [0.25, 0.3) is 5.57 Å². The lowest BCUT2D eigenvalue weighted by molar-refractivity contribution is 0.142. The summed E-state index contributed by atoms with van der Waals surface area (Å²) < 4.78 is 6.00. The van der Waals surface area contributed by atoms with Gasteiger partial charge in [-0.1, -0.05) is 29.3 Å². The number of halogens is 2. The van der Waals surface area contributed by atoms with Gasteiger partial charge in [-0.2, -0.15) is 0 Å². The van der Waals surface area contributed by atoms with Gasteiger partial charge in [0.2, 0.25) is 0 Å². The Labute approximate surface area is 123 Å². The minimum absolute atomic E-state index is 0.243. The van der Waals surface area contributed by atoms with E-state index in [1.807, 2.05) is 30.4 Å². The van der Waals surface area contributed by atoms with Crippen molar-refractivity contribution in [2.45, 2.75) is 18.9 Å². The van der Waals surface area contributed by atoms with Crippen LogP contribution in [0.5, 0.6) is 5.75 Å². The summed E-state index contributed by atoms with van der Waals surface area (Å²) >= 11 is 12.2. The fourth-order valence-electron chi connectivity index (χ4n) is 2.26. The fraction of sp³-hybridized carbons (Fsp3) is 0.333. The van der Waals surface area contributed by atoms with Gasteiger partial charge in [-0.3, -0.25) is 0 Å². The Balaban J connectivity index is 1.93. The number of hydrogen-bond acceptors (Lipinski definition) is 2. The predicted octanol–water partition coefficient (Wildman–Crippen LogP) is 3.99. The van der Waals surface area contributed by atoms with Crippen LogP contribution in [0.3, 0.4) is 0 Å². The van der Waals surface area contributed by atoms with Crippen LogP contribution in [0.2, 0.25) is 5.02 Å². The van der Waals surface area contributed by atoms with Crippen LogP contribution in [-0.4, -0.2) is 19.2 Å². The fourth-order valence-corrected chi connectivity index (χ4v) is 2.66. The summed E-state index contributed by atoms with van der Waals surface area (Å²) in [5, 5.41) is 4.70. The molecule has 100 valence electrons. The molecule has 1 heterocycles. The highest BCUT2D eigenvalue weighted by Crippen LogP contribution is 2.35.